The van der Waals surface area contributed by atoms with Gasteiger partial charge in [-0.2, -0.15) is 0 Å². The molecule has 7 heteroatoms. The lowest BCUT2D eigenvalue weighted by Crippen LogP contribution is -2.17. The van der Waals surface area contributed by atoms with Gasteiger partial charge in [0, 0.05) is 16.9 Å². The third kappa shape index (κ3) is 5.24. The predicted molar refractivity (Wildman–Crippen MR) is 123 cm³/mol. The molecule has 0 radical (unpaired) electrons. The summed E-state index contributed by atoms with van der Waals surface area (Å²) in [5, 5.41) is 2.87. The summed E-state index contributed by atoms with van der Waals surface area (Å²) in [5.41, 5.74) is 3.94. The largest absolute Gasteiger partial charge is 0.494 e. The molecule has 0 aliphatic heterocycles. The van der Waals surface area contributed by atoms with Crippen molar-refractivity contribution in [1.29, 1.82) is 0 Å². The first-order valence-corrected chi connectivity index (χ1v) is 11.4. The maximum absolute atomic E-state index is 13.0. The van der Waals surface area contributed by atoms with Crippen LogP contribution in [0.1, 0.15) is 34.0 Å². The average Bonchev–Trinajstić information content (AvgIpc) is 2.73. The average molecular weight is 439 g/mol. The molecule has 0 aliphatic rings. The third-order valence-electron chi connectivity index (χ3n) is 5.01. The van der Waals surface area contributed by atoms with Gasteiger partial charge in [0.2, 0.25) is 0 Å². The van der Waals surface area contributed by atoms with E-state index in [0.717, 1.165) is 11.1 Å². The number of carbonyl (C=O) groups excluding carboxylic acids is 1. The monoisotopic (exact) mass is 438 g/mol. The molecule has 0 saturated heterocycles. The fourth-order valence-corrected chi connectivity index (χ4v) is 4.44. The topological polar surface area (TPSA) is 84.5 Å². The van der Waals surface area contributed by atoms with Crippen molar-refractivity contribution in [3.63, 3.8) is 0 Å². The Balaban J connectivity index is 1.85. The molecule has 0 atom stereocenters. The van der Waals surface area contributed by atoms with E-state index in [2.05, 4.69) is 10.0 Å². The van der Waals surface area contributed by atoms with Gasteiger partial charge >= 0.3 is 0 Å². The zero-order chi connectivity index (χ0) is 22.6. The van der Waals surface area contributed by atoms with Crippen LogP contribution in [-0.4, -0.2) is 20.9 Å². The molecule has 0 unspecified atom stereocenters. The maximum Gasteiger partial charge on any atom is 0.262 e. The Labute approximate surface area is 183 Å². The second-order valence-corrected chi connectivity index (χ2v) is 8.90. The van der Waals surface area contributed by atoms with E-state index in [1.165, 1.54) is 6.07 Å². The highest BCUT2D eigenvalue weighted by Crippen LogP contribution is 2.24. The predicted octanol–water partition coefficient (Wildman–Crippen LogP) is 5.06. The zero-order valence-electron chi connectivity index (χ0n) is 18.0. The molecule has 0 aliphatic carbocycles. The SMILES string of the molecule is CCOc1ccc(NS(=O)(=O)c2cc(C(=O)Nc3cccc(C)c3C)ccc2C)cc1. The first kappa shape index (κ1) is 22.4. The second kappa shape index (κ2) is 9.22. The smallest absolute Gasteiger partial charge is 0.262 e. The van der Waals surface area contributed by atoms with E-state index in [-0.39, 0.29) is 16.4 Å². The van der Waals surface area contributed by atoms with E-state index >= 15 is 0 Å². The fraction of sp³-hybridized carbons (Fsp3) is 0.208. The number of rotatable bonds is 7. The zero-order valence-corrected chi connectivity index (χ0v) is 18.8. The van der Waals surface area contributed by atoms with Crippen molar-refractivity contribution >= 4 is 27.3 Å². The molecule has 0 bridgehead atoms. The molecular formula is C24H26N2O4S. The Morgan fingerprint density at radius 3 is 2.32 bits per heavy atom. The molecule has 3 rings (SSSR count). The minimum absolute atomic E-state index is 0.0509. The maximum atomic E-state index is 13.0. The number of amides is 1. The molecule has 3 aromatic carbocycles. The first-order chi connectivity index (χ1) is 14.7. The van der Waals surface area contributed by atoms with Crippen LogP contribution in [0.15, 0.2) is 65.6 Å². The van der Waals surface area contributed by atoms with Crippen LogP contribution in [0.4, 0.5) is 11.4 Å². The lowest BCUT2D eigenvalue weighted by Gasteiger charge is -2.14. The third-order valence-corrected chi connectivity index (χ3v) is 6.53. The number of anilines is 2. The summed E-state index contributed by atoms with van der Waals surface area (Å²) < 4.78 is 33.9. The number of benzene rings is 3. The minimum atomic E-state index is -3.88. The highest BCUT2D eigenvalue weighted by Gasteiger charge is 2.20. The Kier molecular flexibility index (Phi) is 6.65. The quantitative estimate of drug-likeness (QED) is 0.540. The summed E-state index contributed by atoms with van der Waals surface area (Å²) in [7, 11) is -3.88. The van der Waals surface area contributed by atoms with Crippen LogP contribution < -0.4 is 14.8 Å². The summed E-state index contributed by atoms with van der Waals surface area (Å²) in [4.78, 5) is 12.8. The molecule has 0 fully saturated rings. The lowest BCUT2D eigenvalue weighted by molar-refractivity contribution is 0.102. The number of hydrogen-bond donors (Lipinski definition) is 2. The lowest BCUT2D eigenvalue weighted by atomic mass is 10.1. The van der Waals surface area contributed by atoms with Gasteiger partial charge < -0.3 is 10.1 Å². The highest BCUT2D eigenvalue weighted by molar-refractivity contribution is 7.92. The Morgan fingerprint density at radius 2 is 1.65 bits per heavy atom. The molecule has 3 aromatic rings. The standard InChI is InChI=1S/C24H26N2O4S/c1-5-30-21-13-11-20(12-14-21)26-31(28,29)23-15-19(10-9-17(23)3)24(27)25-22-8-6-7-16(2)18(22)4/h6-15,26H,5H2,1-4H3,(H,25,27). The molecule has 0 saturated carbocycles. The molecule has 2 N–H and O–H groups in total. The van der Waals surface area contributed by atoms with Crippen LogP contribution in [0, 0.1) is 20.8 Å². The number of nitrogens with one attached hydrogen (secondary N) is 2. The van der Waals surface area contributed by atoms with Crippen molar-refractivity contribution in [3.8, 4) is 5.75 Å². The van der Waals surface area contributed by atoms with Gasteiger partial charge in [-0.3, -0.25) is 9.52 Å². The summed E-state index contributed by atoms with van der Waals surface area (Å²) in [6.45, 7) is 7.99. The van der Waals surface area contributed by atoms with Crippen LogP contribution in [-0.2, 0) is 10.0 Å². The van der Waals surface area contributed by atoms with Gasteiger partial charge in [0.1, 0.15) is 5.75 Å². The summed E-state index contributed by atoms with van der Waals surface area (Å²) in [6, 6.07) is 17.0. The molecule has 162 valence electrons. The van der Waals surface area contributed by atoms with E-state index in [1.807, 2.05) is 39.0 Å². The van der Waals surface area contributed by atoms with Gasteiger partial charge in [-0.15, -0.1) is 0 Å². The van der Waals surface area contributed by atoms with Gasteiger partial charge in [0.05, 0.1) is 11.5 Å². The number of ether oxygens (including phenoxy) is 1. The Bertz CT molecular complexity index is 1200. The minimum Gasteiger partial charge on any atom is -0.494 e. The highest BCUT2D eigenvalue weighted by atomic mass is 32.2. The van der Waals surface area contributed by atoms with Crippen LogP contribution in [0.2, 0.25) is 0 Å². The second-order valence-electron chi connectivity index (χ2n) is 7.24. The van der Waals surface area contributed by atoms with E-state index in [0.29, 0.717) is 29.3 Å². The Morgan fingerprint density at radius 1 is 0.935 bits per heavy atom. The van der Waals surface area contributed by atoms with Crippen molar-refractivity contribution in [2.75, 3.05) is 16.6 Å². The number of hydrogen-bond acceptors (Lipinski definition) is 4. The number of aryl methyl sites for hydroxylation is 2. The molecule has 1 amide bonds. The van der Waals surface area contributed by atoms with Crippen LogP contribution in [0.25, 0.3) is 0 Å². The summed E-state index contributed by atoms with van der Waals surface area (Å²) in [5.74, 6) is 0.290. The van der Waals surface area contributed by atoms with Gasteiger partial charge in [-0.05, 0) is 86.8 Å². The van der Waals surface area contributed by atoms with Crippen molar-refractivity contribution in [2.45, 2.75) is 32.6 Å². The van der Waals surface area contributed by atoms with Crippen molar-refractivity contribution in [1.82, 2.24) is 0 Å². The fourth-order valence-electron chi connectivity index (χ4n) is 3.11. The van der Waals surface area contributed by atoms with Crippen LogP contribution >= 0.6 is 0 Å². The van der Waals surface area contributed by atoms with Crippen LogP contribution in [0.3, 0.4) is 0 Å². The van der Waals surface area contributed by atoms with Gasteiger partial charge in [-0.25, -0.2) is 8.42 Å². The molecular weight excluding hydrogens is 412 g/mol. The van der Waals surface area contributed by atoms with Crippen molar-refractivity contribution in [3.05, 3.63) is 82.9 Å². The van der Waals surface area contributed by atoms with E-state index in [1.54, 1.807) is 43.3 Å². The molecule has 0 heterocycles. The number of carbonyl (C=O) groups is 1. The summed E-state index contributed by atoms with van der Waals surface area (Å²) in [6.07, 6.45) is 0. The van der Waals surface area contributed by atoms with Crippen molar-refractivity contribution < 1.29 is 17.9 Å². The molecule has 0 aromatic heterocycles. The normalized spacial score (nSPS) is 11.1. The Hall–Kier alpha value is -3.32. The van der Waals surface area contributed by atoms with Crippen LogP contribution in [0.5, 0.6) is 5.75 Å². The number of sulfonamides is 1. The van der Waals surface area contributed by atoms with Gasteiger partial charge in [0.15, 0.2) is 0 Å². The van der Waals surface area contributed by atoms with Crippen molar-refractivity contribution in [2.24, 2.45) is 0 Å². The first-order valence-electron chi connectivity index (χ1n) is 9.95. The molecule has 31 heavy (non-hydrogen) atoms. The van der Waals surface area contributed by atoms with Gasteiger partial charge in [0.25, 0.3) is 15.9 Å². The summed E-state index contributed by atoms with van der Waals surface area (Å²) >= 11 is 0. The van der Waals surface area contributed by atoms with Gasteiger partial charge in [-0.1, -0.05) is 18.2 Å². The molecule has 0 spiro atoms. The molecule has 6 nitrogen and oxygen atoms in total. The van der Waals surface area contributed by atoms with E-state index in [4.69, 9.17) is 4.74 Å². The van der Waals surface area contributed by atoms with E-state index < -0.39 is 10.0 Å². The van der Waals surface area contributed by atoms with E-state index in [9.17, 15) is 13.2 Å².